The first kappa shape index (κ1) is 21.7. The molecule has 0 saturated carbocycles. The molecular weight excluding hydrogens is 408 g/mol. The molecule has 3 heterocycles. The van der Waals surface area contributed by atoms with Crippen molar-refractivity contribution in [2.45, 2.75) is 13.8 Å². The van der Waals surface area contributed by atoms with E-state index in [1.54, 1.807) is 17.2 Å². The largest absolute Gasteiger partial charge is 0.353 e. The van der Waals surface area contributed by atoms with E-state index in [4.69, 9.17) is 0 Å². The highest BCUT2D eigenvalue weighted by Crippen LogP contribution is 2.23. The molecule has 1 aliphatic heterocycles. The van der Waals surface area contributed by atoms with Crippen molar-refractivity contribution < 1.29 is 9.59 Å². The molecule has 0 bridgehead atoms. The van der Waals surface area contributed by atoms with E-state index in [2.05, 4.69) is 35.5 Å². The maximum atomic E-state index is 12.4. The minimum absolute atomic E-state index is 0.0491. The lowest BCUT2D eigenvalue weighted by Crippen LogP contribution is -2.50. The van der Waals surface area contributed by atoms with E-state index in [1.165, 1.54) is 0 Å². The summed E-state index contributed by atoms with van der Waals surface area (Å²) in [5, 5.41) is 10.8. The van der Waals surface area contributed by atoms with E-state index in [1.807, 2.05) is 39.1 Å². The van der Waals surface area contributed by atoms with Crippen LogP contribution in [-0.4, -0.2) is 75.7 Å². The van der Waals surface area contributed by atoms with Gasteiger partial charge in [0.25, 0.3) is 0 Å². The molecule has 0 atom stereocenters. The zero-order valence-corrected chi connectivity index (χ0v) is 18.6. The van der Waals surface area contributed by atoms with Crippen molar-refractivity contribution in [1.29, 1.82) is 0 Å². The number of nitrogens with one attached hydrogen (secondary N) is 2. The van der Waals surface area contributed by atoms with Crippen molar-refractivity contribution in [3.05, 3.63) is 41.9 Å². The third-order valence-corrected chi connectivity index (χ3v) is 5.74. The van der Waals surface area contributed by atoms with Crippen LogP contribution in [-0.2, 0) is 16.6 Å². The maximum Gasteiger partial charge on any atom is 0.243 e. The number of nitrogens with zero attached hydrogens (tertiary/aromatic N) is 6. The highest BCUT2D eigenvalue weighted by atomic mass is 16.2. The Labute approximate surface area is 186 Å². The van der Waals surface area contributed by atoms with E-state index < -0.39 is 0 Å². The molecule has 0 unspecified atom stereocenters. The van der Waals surface area contributed by atoms with Gasteiger partial charge in [0.2, 0.25) is 11.8 Å². The molecule has 1 fully saturated rings. The number of rotatable bonds is 6. The molecule has 1 aliphatic rings. The minimum atomic E-state index is -0.232. The number of hydrogen-bond donors (Lipinski definition) is 2. The van der Waals surface area contributed by atoms with Crippen LogP contribution in [0.5, 0.6) is 0 Å². The van der Waals surface area contributed by atoms with E-state index in [0.29, 0.717) is 0 Å². The number of carbonyl (C=O) groups excluding carboxylic acids is 2. The van der Waals surface area contributed by atoms with Crippen molar-refractivity contribution >= 4 is 34.4 Å². The second kappa shape index (κ2) is 9.31. The van der Waals surface area contributed by atoms with E-state index in [9.17, 15) is 9.59 Å². The van der Waals surface area contributed by atoms with Crippen LogP contribution in [0, 0.1) is 13.8 Å². The van der Waals surface area contributed by atoms with Crippen LogP contribution >= 0.6 is 0 Å². The number of anilines is 2. The van der Waals surface area contributed by atoms with Crippen LogP contribution in [0.15, 0.2) is 30.7 Å². The summed E-state index contributed by atoms with van der Waals surface area (Å²) in [6.07, 6.45) is 3.34. The molecule has 2 N–H and O–H groups in total. The molecule has 0 radical (unpaired) electrons. The lowest BCUT2D eigenvalue weighted by Gasteiger charge is -2.35. The molecule has 1 saturated heterocycles. The highest BCUT2D eigenvalue weighted by molar-refractivity contribution is 5.96. The Bertz CT molecular complexity index is 1110. The van der Waals surface area contributed by atoms with Gasteiger partial charge >= 0.3 is 0 Å². The third kappa shape index (κ3) is 4.70. The lowest BCUT2D eigenvalue weighted by atomic mass is 10.1. The van der Waals surface area contributed by atoms with Crippen LogP contribution in [0.1, 0.15) is 11.1 Å². The van der Waals surface area contributed by atoms with Gasteiger partial charge < -0.3 is 15.5 Å². The first-order valence-electron chi connectivity index (χ1n) is 10.6. The summed E-state index contributed by atoms with van der Waals surface area (Å²) in [5.41, 5.74) is 3.59. The van der Waals surface area contributed by atoms with Gasteiger partial charge in [0.05, 0.1) is 24.7 Å². The summed E-state index contributed by atoms with van der Waals surface area (Å²) in [6, 6.07) is 5.84. The zero-order valence-electron chi connectivity index (χ0n) is 18.6. The third-order valence-electron chi connectivity index (χ3n) is 5.74. The number of para-hydroxylation sites is 1. The first-order valence-corrected chi connectivity index (χ1v) is 10.6. The average Bonchev–Trinajstić information content (AvgIpc) is 3.17. The topological polar surface area (TPSA) is 108 Å². The predicted octanol–water partition coefficient (Wildman–Crippen LogP) is 0.857. The Morgan fingerprint density at radius 3 is 2.47 bits per heavy atom. The Morgan fingerprint density at radius 2 is 1.75 bits per heavy atom. The number of carbonyl (C=O) groups is 2. The van der Waals surface area contributed by atoms with Crippen molar-refractivity contribution in [3.63, 3.8) is 0 Å². The SMILES string of the molecule is Cc1cccc(C)c1NC(=O)CNC(=O)CN1CCN(c2ncnc3c2cnn3C)CC1. The van der Waals surface area contributed by atoms with Crippen LogP contribution in [0.25, 0.3) is 11.0 Å². The van der Waals surface area contributed by atoms with Gasteiger partial charge in [-0.2, -0.15) is 5.10 Å². The van der Waals surface area contributed by atoms with Gasteiger partial charge in [-0.05, 0) is 25.0 Å². The van der Waals surface area contributed by atoms with Gasteiger partial charge in [0, 0.05) is 38.9 Å². The van der Waals surface area contributed by atoms with Crippen molar-refractivity contribution in [2.24, 2.45) is 7.05 Å². The normalized spacial score (nSPS) is 14.5. The average molecular weight is 437 g/mol. The molecule has 3 aromatic rings. The molecule has 10 nitrogen and oxygen atoms in total. The molecule has 10 heteroatoms. The smallest absolute Gasteiger partial charge is 0.243 e. The van der Waals surface area contributed by atoms with Crippen LogP contribution in [0.3, 0.4) is 0 Å². The number of piperazine rings is 1. The number of aromatic nitrogens is 4. The first-order chi connectivity index (χ1) is 15.4. The fourth-order valence-electron chi connectivity index (χ4n) is 3.95. The summed E-state index contributed by atoms with van der Waals surface area (Å²) < 4.78 is 1.73. The van der Waals surface area contributed by atoms with Crippen molar-refractivity contribution in [1.82, 2.24) is 30.0 Å². The summed E-state index contributed by atoms with van der Waals surface area (Å²) in [6.45, 7) is 7.07. The van der Waals surface area contributed by atoms with Gasteiger partial charge in [-0.3, -0.25) is 19.2 Å². The van der Waals surface area contributed by atoms with E-state index in [-0.39, 0.29) is 24.9 Å². The van der Waals surface area contributed by atoms with Crippen molar-refractivity contribution in [3.8, 4) is 0 Å². The number of amides is 2. The second-order valence-electron chi connectivity index (χ2n) is 8.06. The summed E-state index contributed by atoms with van der Waals surface area (Å²) in [7, 11) is 1.86. The molecular formula is C22H28N8O2. The quantitative estimate of drug-likeness (QED) is 0.590. The molecule has 0 aliphatic carbocycles. The van der Waals surface area contributed by atoms with Crippen LogP contribution in [0.2, 0.25) is 0 Å². The van der Waals surface area contributed by atoms with E-state index >= 15 is 0 Å². The number of benzene rings is 1. The second-order valence-corrected chi connectivity index (χ2v) is 8.06. The van der Waals surface area contributed by atoms with Gasteiger partial charge in [-0.1, -0.05) is 18.2 Å². The Morgan fingerprint density at radius 1 is 1.03 bits per heavy atom. The van der Waals surface area contributed by atoms with Gasteiger partial charge in [0.15, 0.2) is 5.65 Å². The fraction of sp³-hybridized carbons (Fsp3) is 0.409. The van der Waals surface area contributed by atoms with Gasteiger partial charge in [0.1, 0.15) is 12.1 Å². The standard InChI is InChI=1S/C22H28N8O2/c1-15-5-4-6-16(2)20(15)27-18(31)12-23-19(32)13-29-7-9-30(10-8-29)22-17-11-26-28(3)21(17)24-14-25-22/h4-6,11,14H,7-10,12-13H2,1-3H3,(H,23,32)(H,27,31). The van der Waals surface area contributed by atoms with E-state index in [0.717, 1.165) is 59.8 Å². The van der Waals surface area contributed by atoms with Crippen LogP contribution < -0.4 is 15.5 Å². The molecule has 1 aromatic carbocycles. The zero-order chi connectivity index (χ0) is 22.7. The Kier molecular flexibility index (Phi) is 6.31. The van der Waals surface area contributed by atoms with Gasteiger partial charge in [-0.25, -0.2) is 9.97 Å². The molecule has 2 aromatic heterocycles. The Hall–Kier alpha value is -3.53. The molecule has 168 valence electrons. The fourth-order valence-corrected chi connectivity index (χ4v) is 3.95. The summed E-state index contributed by atoms with van der Waals surface area (Å²) in [5.74, 6) is 0.479. The van der Waals surface area contributed by atoms with Gasteiger partial charge in [-0.15, -0.1) is 0 Å². The van der Waals surface area contributed by atoms with Crippen LogP contribution in [0.4, 0.5) is 11.5 Å². The monoisotopic (exact) mass is 436 g/mol. The molecule has 2 amide bonds. The summed E-state index contributed by atoms with van der Waals surface area (Å²) >= 11 is 0. The minimum Gasteiger partial charge on any atom is -0.353 e. The highest BCUT2D eigenvalue weighted by Gasteiger charge is 2.22. The Balaban J connectivity index is 1.24. The molecule has 4 rings (SSSR count). The lowest BCUT2D eigenvalue weighted by molar-refractivity contribution is -0.125. The number of hydrogen-bond acceptors (Lipinski definition) is 7. The van der Waals surface area contributed by atoms with Crippen molar-refractivity contribution in [2.75, 3.05) is 49.5 Å². The molecule has 32 heavy (non-hydrogen) atoms. The number of fused-ring (bicyclic) bond motifs is 1. The summed E-state index contributed by atoms with van der Waals surface area (Å²) in [4.78, 5) is 37.6. The number of aryl methyl sites for hydroxylation is 3. The maximum absolute atomic E-state index is 12.4. The predicted molar refractivity (Wildman–Crippen MR) is 123 cm³/mol. The molecule has 0 spiro atoms.